The number of carbonyl (C=O) groups excluding carboxylic acids is 3. The second-order valence-electron chi connectivity index (χ2n) is 6.04. The average Bonchev–Trinajstić information content (AvgIpc) is 2.96. The number of ketones is 3. The highest BCUT2D eigenvalue weighted by Gasteiger charge is 2.40. The van der Waals surface area contributed by atoms with Gasteiger partial charge >= 0.3 is 0 Å². The number of hydrogen-bond donors (Lipinski definition) is 0. The highest BCUT2D eigenvalue weighted by atomic mass is 16.1. The topological polar surface area (TPSA) is 60.0 Å². The summed E-state index contributed by atoms with van der Waals surface area (Å²) in [6.45, 7) is 0.00831. The van der Waals surface area contributed by atoms with E-state index in [-0.39, 0.29) is 29.6 Å². The summed E-state index contributed by atoms with van der Waals surface area (Å²) >= 11 is 0. The van der Waals surface area contributed by atoms with Gasteiger partial charge in [0.25, 0.3) is 0 Å². The summed E-state index contributed by atoms with van der Waals surface area (Å²) in [4.78, 5) is 38.2. The Morgan fingerprint density at radius 1 is 0.920 bits per heavy atom. The standard InChI is InChI=1S/C20H15N2O3/c1-21-12-22(11-16(23)13-7-3-2-4-8-13)18-17(21)19(24)14-9-5-6-10-15(14)20(18)25/h2-10,12H,11H2,1H3/q+1. The number of carbonyl (C=O) groups is 3. The molecule has 1 aliphatic rings. The number of aryl methyl sites for hydroxylation is 1. The average molecular weight is 331 g/mol. The Kier molecular flexibility index (Phi) is 3.42. The Morgan fingerprint density at radius 2 is 1.52 bits per heavy atom. The van der Waals surface area contributed by atoms with Crippen molar-refractivity contribution in [3.05, 3.63) is 89.0 Å². The third kappa shape index (κ3) is 2.32. The Hall–Kier alpha value is -3.34. The van der Waals surface area contributed by atoms with E-state index in [1.54, 1.807) is 71.0 Å². The number of benzene rings is 2. The molecule has 0 saturated heterocycles. The first kappa shape index (κ1) is 15.2. The lowest BCUT2D eigenvalue weighted by Crippen LogP contribution is -2.36. The van der Waals surface area contributed by atoms with E-state index in [0.29, 0.717) is 22.4 Å². The molecule has 1 aliphatic carbocycles. The van der Waals surface area contributed by atoms with Gasteiger partial charge < -0.3 is 0 Å². The van der Waals surface area contributed by atoms with Gasteiger partial charge in [-0.3, -0.25) is 14.4 Å². The summed E-state index contributed by atoms with van der Waals surface area (Å²) in [6.07, 6.45) is 1.63. The van der Waals surface area contributed by atoms with Crippen LogP contribution in [0.4, 0.5) is 0 Å². The summed E-state index contributed by atoms with van der Waals surface area (Å²) in [6, 6.07) is 15.7. The lowest BCUT2D eigenvalue weighted by atomic mass is 9.90. The monoisotopic (exact) mass is 331 g/mol. The highest BCUT2D eigenvalue weighted by Crippen LogP contribution is 2.25. The molecule has 0 N–H and O–H groups in total. The normalized spacial score (nSPS) is 12.7. The molecule has 5 heteroatoms. The Labute approximate surface area is 144 Å². The van der Waals surface area contributed by atoms with E-state index in [4.69, 9.17) is 0 Å². The van der Waals surface area contributed by atoms with E-state index in [2.05, 4.69) is 0 Å². The van der Waals surface area contributed by atoms with Crippen LogP contribution < -0.4 is 4.57 Å². The first-order valence-corrected chi connectivity index (χ1v) is 7.93. The van der Waals surface area contributed by atoms with E-state index in [9.17, 15) is 14.4 Å². The molecule has 25 heavy (non-hydrogen) atoms. The molecule has 0 aliphatic heterocycles. The Morgan fingerprint density at radius 3 is 2.20 bits per heavy atom. The number of aromatic nitrogens is 2. The van der Waals surface area contributed by atoms with Crippen molar-refractivity contribution < 1.29 is 19.0 Å². The smallest absolute Gasteiger partial charge is 0.245 e. The second-order valence-corrected chi connectivity index (χ2v) is 6.04. The molecule has 0 unspecified atom stereocenters. The van der Waals surface area contributed by atoms with Crippen molar-refractivity contribution in [2.45, 2.75) is 6.54 Å². The quantitative estimate of drug-likeness (QED) is 0.426. The van der Waals surface area contributed by atoms with E-state index in [0.717, 1.165) is 0 Å². The lowest BCUT2D eigenvalue weighted by molar-refractivity contribution is -0.672. The molecule has 2 aromatic carbocycles. The van der Waals surface area contributed by atoms with Crippen LogP contribution in [0.15, 0.2) is 60.9 Å². The third-order valence-electron chi connectivity index (χ3n) is 4.43. The number of nitrogens with zero attached hydrogens (tertiary/aromatic N) is 2. The third-order valence-corrected chi connectivity index (χ3v) is 4.43. The van der Waals surface area contributed by atoms with Crippen LogP contribution in [0.5, 0.6) is 0 Å². The van der Waals surface area contributed by atoms with Crippen LogP contribution in [0.1, 0.15) is 42.5 Å². The molecule has 0 radical (unpaired) electrons. The zero-order valence-corrected chi connectivity index (χ0v) is 13.6. The Balaban J connectivity index is 1.79. The van der Waals surface area contributed by atoms with Crippen LogP contribution in [0.2, 0.25) is 0 Å². The summed E-state index contributed by atoms with van der Waals surface area (Å²) in [5.74, 6) is -0.539. The minimum absolute atomic E-state index is 0.00831. The van der Waals surface area contributed by atoms with Crippen LogP contribution in [0, 0.1) is 0 Å². The molecule has 5 nitrogen and oxygen atoms in total. The molecule has 3 aromatic rings. The van der Waals surface area contributed by atoms with Crippen molar-refractivity contribution in [3.63, 3.8) is 0 Å². The first-order chi connectivity index (χ1) is 12.1. The van der Waals surface area contributed by atoms with Gasteiger partial charge in [-0.05, 0) is 0 Å². The van der Waals surface area contributed by atoms with E-state index >= 15 is 0 Å². The zero-order chi connectivity index (χ0) is 17.6. The summed E-state index contributed by atoms with van der Waals surface area (Å²) in [5.41, 5.74) is 1.96. The van der Waals surface area contributed by atoms with Gasteiger partial charge in [0.15, 0.2) is 6.54 Å². The van der Waals surface area contributed by atoms with E-state index in [1.807, 2.05) is 6.07 Å². The number of imidazole rings is 1. The van der Waals surface area contributed by atoms with Gasteiger partial charge in [-0.2, -0.15) is 0 Å². The minimum Gasteiger partial charge on any atom is -0.290 e. The predicted octanol–water partition coefficient (Wildman–Crippen LogP) is 1.97. The van der Waals surface area contributed by atoms with Gasteiger partial charge in [-0.25, -0.2) is 9.13 Å². The van der Waals surface area contributed by atoms with Crippen molar-refractivity contribution in [3.8, 4) is 0 Å². The van der Waals surface area contributed by atoms with Gasteiger partial charge in [-0.1, -0.05) is 54.6 Å². The summed E-state index contributed by atoms with van der Waals surface area (Å²) in [5, 5.41) is 0. The van der Waals surface area contributed by atoms with Crippen LogP contribution in [-0.2, 0) is 13.6 Å². The van der Waals surface area contributed by atoms with Crippen molar-refractivity contribution in [2.24, 2.45) is 7.05 Å². The molecule has 122 valence electrons. The molecule has 4 rings (SSSR count). The van der Waals surface area contributed by atoms with Crippen LogP contribution in [0.25, 0.3) is 0 Å². The molecule has 0 amide bonds. The SMILES string of the molecule is C[n+]1cn(CC(=O)c2ccccc2)c2c1C(=O)c1ccccc1C2=O. The molecule has 0 spiro atoms. The zero-order valence-electron chi connectivity index (χ0n) is 13.6. The molecule has 1 heterocycles. The largest absolute Gasteiger partial charge is 0.290 e. The number of fused-ring (bicyclic) bond motifs is 2. The fourth-order valence-electron chi connectivity index (χ4n) is 3.26. The maximum Gasteiger partial charge on any atom is 0.245 e. The van der Waals surface area contributed by atoms with E-state index < -0.39 is 0 Å². The number of rotatable bonds is 3. The number of hydrogen-bond acceptors (Lipinski definition) is 3. The van der Waals surface area contributed by atoms with Crippen molar-refractivity contribution in [2.75, 3.05) is 0 Å². The Bertz CT molecular complexity index is 1030. The second kappa shape index (κ2) is 5.63. The minimum atomic E-state index is -0.230. The fourth-order valence-corrected chi connectivity index (χ4v) is 3.26. The molecule has 0 saturated carbocycles. The highest BCUT2D eigenvalue weighted by molar-refractivity contribution is 6.26. The van der Waals surface area contributed by atoms with Gasteiger partial charge in [-0.15, -0.1) is 0 Å². The van der Waals surface area contributed by atoms with Gasteiger partial charge in [0.2, 0.25) is 35.1 Å². The van der Waals surface area contributed by atoms with Crippen LogP contribution >= 0.6 is 0 Å². The molecule has 0 bridgehead atoms. The van der Waals surface area contributed by atoms with Gasteiger partial charge in [0.1, 0.15) is 0 Å². The molecular weight excluding hydrogens is 316 g/mol. The summed E-state index contributed by atoms with van der Waals surface area (Å²) in [7, 11) is 1.71. The number of Topliss-reactive ketones (excluding diaryl/α,β-unsaturated/α-hetero) is 1. The van der Waals surface area contributed by atoms with Crippen LogP contribution in [0.3, 0.4) is 0 Å². The predicted molar refractivity (Wildman–Crippen MR) is 89.7 cm³/mol. The van der Waals surface area contributed by atoms with Crippen molar-refractivity contribution in [1.82, 2.24) is 4.57 Å². The molecular formula is C20H15N2O3+. The fraction of sp³-hybridized carbons (Fsp3) is 0.100. The van der Waals surface area contributed by atoms with Crippen molar-refractivity contribution in [1.29, 1.82) is 0 Å². The van der Waals surface area contributed by atoms with E-state index in [1.165, 1.54) is 0 Å². The first-order valence-electron chi connectivity index (χ1n) is 7.93. The summed E-state index contributed by atoms with van der Waals surface area (Å²) < 4.78 is 3.19. The van der Waals surface area contributed by atoms with Gasteiger partial charge in [0, 0.05) is 16.7 Å². The molecule has 0 atom stereocenters. The van der Waals surface area contributed by atoms with Gasteiger partial charge in [0.05, 0.1) is 7.05 Å². The van der Waals surface area contributed by atoms with Crippen molar-refractivity contribution >= 4 is 17.3 Å². The molecule has 1 aromatic heterocycles. The van der Waals surface area contributed by atoms with Crippen LogP contribution in [-0.4, -0.2) is 21.9 Å². The molecule has 0 fully saturated rings. The lowest BCUT2D eigenvalue weighted by Gasteiger charge is -2.12. The maximum atomic E-state index is 12.9. The maximum absolute atomic E-state index is 12.9.